The molecule has 0 saturated carbocycles. The summed E-state index contributed by atoms with van der Waals surface area (Å²) in [4.78, 5) is 30.2. The lowest BCUT2D eigenvalue weighted by molar-refractivity contribution is -0.125. The van der Waals surface area contributed by atoms with E-state index < -0.39 is 0 Å². The highest BCUT2D eigenvalue weighted by molar-refractivity contribution is 5.84. The summed E-state index contributed by atoms with van der Waals surface area (Å²) in [6.07, 6.45) is 5.85. The number of aromatic nitrogens is 4. The lowest BCUT2D eigenvalue weighted by Crippen LogP contribution is -2.43. The molecule has 1 atom stereocenters. The van der Waals surface area contributed by atoms with Gasteiger partial charge in [0.2, 0.25) is 5.91 Å². The minimum absolute atomic E-state index is 0.0146. The number of fused-ring (bicyclic) bond motifs is 1. The molecule has 0 spiro atoms. The van der Waals surface area contributed by atoms with Gasteiger partial charge in [-0.15, -0.1) is 0 Å². The van der Waals surface area contributed by atoms with Crippen LogP contribution in [0.15, 0.2) is 12.7 Å². The van der Waals surface area contributed by atoms with Crippen molar-refractivity contribution in [1.29, 1.82) is 0 Å². The van der Waals surface area contributed by atoms with Crippen LogP contribution in [-0.4, -0.2) is 59.2 Å². The number of nitrogens with one attached hydrogen (secondary N) is 2. The molecule has 2 aromatic heterocycles. The molecule has 2 N–H and O–H groups in total. The van der Waals surface area contributed by atoms with Crippen molar-refractivity contribution in [1.82, 2.24) is 25.3 Å². The molecule has 1 saturated heterocycles. The van der Waals surface area contributed by atoms with Crippen molar-refractivity contribution in [2.24, 2.45) is 5.92 Å². The fraction of sp³-hybridized carbons (Fsp3) is 0.600. The topological polar surface area (TPSA) is 96.0 Å². The number of nitrogens with zero attached hydrogens (tertiary/aromatic N) is 4. The van der Waals surface area contributed by atoms with Crippen molar-refractivity contribution >= 4 is 22.9 Å². The first-order chi connectivity index (χ1) is 11.3. The number of hydrogen-bond acceptors (Lipinski definition) is 6. The standard InChI is InChI=1S/C15H22N6O2/c1-23-7-3-5-16-15(22)11-4-2-6-21(8-11)14-12-13(18-9-17-12)19-10-20-14/h9-11H,2-8H2,1H3,(H,16,22)(H,17,18,19,20). The number of aromatic amines is 1. The second-order valence-corrected chi connectivity index (χ2v) is 5.72. The van der Waals surface area contributed by atoms with Crippen molar-refractivity contribution in [3.05, 3.63) is 12.7 Å². The second kappa shape index (κ2) is 7.36. The summed E-state index contributed by atoms with van der Waals surface area (Å²) < 4.78 is 4.99. The third kappa shape index (κ3) is 3.58. The zero-order valence-corrected chi connectivity index (χ0v) is 13.3. The second-order valence-electron chi connectivity index (χ2n) is 5.72. The predicted octanol–water partition coefficient (Wildman–Crippen LogP) is 0.722. The number of amides is 1. The molecule has 8 nitrogen and oxygen atoms in total. The third-order valence-electron chi connectivity index (χ3n) is 4.12. The molecule has 0 radical (unpaired) electrons. The molecule has 3 rings (SSSR count). The van der Waals surface area contributed by atoms with E-state index >= 15 is 0 Å². The maximum absolute atomic E-state index is 12.3. The molecule has 3 heterocycles. The highest BCUT2D eigenvalue weighted by atomic mass is 16.5. The lowest BCUT2D eigenvalue weighted by atomic mass is 9.97. The highest BCUT2D eigenvalue weighted by Gasteiger charge is 2.27. The summed E-state index contributed by atoms with van der Waals surface area (Å²) in [7, 11) is 1.67. The van der Waals surface area contributed by atoms with Crippen molar-refractivity contribution in [3.63, 3.8) is 0 Å². The van der Waals surface area contributed by atoms with E-state index in [0.29, 0.717) is 25.3 Å². The van der Waals surface area contributed by atoms with E-state index in [1.807, 2.05) is 0 Å². The molecule has 0 bridgehead atoms. The van der Waals surface area contributed by atoms with Gasteiger partial charge in [0.15, 0.2) is 11.5 Å². The predicted molar refractivity (Wildman–Crippen MR) is 86.1 cm³/mol. The van der Waals surface area contributed by atoms with Gasteiger partial charge in [-0.1, -0.05) is 0 Å². The van der Waals surface area contributed by atoms with Crippen LogP contribution in [0.25, 0.3) is 11.2 Å². The molecule has 124 valence electrons. The first kappa shape index (κ1) is 15.7. The minimum Gasteiger partial charge on any atom is -0.385 e. The van der Waals surface area contributed by atoms with Crippen LogP contribution in [0.3, 0.4) is 0 Å². The van der Waals surface area contributed by atoms with E-state index in [-0.39, 0.29) is 11.8 Å². The Balaban J connectivity index is 1.64. The Morgan fingerprint density at radius 3 is 3.26 bits per heavy atom. The van der Waals surface area contributed by atoms with Crippen LogP contribution in [0.2, 0.25) is 0 Å². The Labute approximate surface area is 134 Å². The Kier molecular flexibility index (Phi) is 5.02. The molecule has 1 aliphatic rings. The van der Waals surface area contributed by atoms with Gasteiger partial charge < -0.3 is 19.9 Å². The number of carbonyl (C=O) groups is 1. The van der Waals surface area contributed by atoms with Crippen LogP contribution < -0.4 is 10.2 Å². The van der Waals surface area contributed by atoms with Gasteiger partial charge >= 0.3 is 0 Å². The van der Waals surface area contributed by atoms with Gasteiger partial charge in [-0.25, -0.2) is 15.0 Å². The molecule has 1 fully saturated rings. The summed E-state index contributed by atoms with van der Waals surface area (Å²) >= 11 is 0. The smallest absolute Gasteiger partial charge is 0.224 e. The number of carbonyl (C=O) groups excluding carboxylic acids is 1. The largest absolute Gasteiger partial charge is 0.385 e. The quantitative estimate of drug-likeness (QED) is 0.762. The number of methoxy groups -OCH3 is 1. The Bertz CT molecular complexity index is 658. The van der Waals surface area contributed by atoms with Gasteiger partial charge in [0.05, 0.1) is 12.2 Å². The van der Waals surface area contributed by atoms with Gasteiger partial charge in [-0.2, -0.15) is 0 Å². The Morgan fingerprint density at radius 1 is 1.48 bits per heavy atom. The number of imidazole rings is 1. The van der Waals surface area contributed by atoms with Crippen molar-refractivity contribution < 1.29 is 9.53 Å². The van der Waals surface area contributed by atoms with Crippen molar-refractivity contribution in [3.8, 4) is 0 Å². The molecule has 8 heteroatoms. The maximum atomic E-state index is 12.3. The number of ether oxygens (including phenoxy) is 1. The van der Waals surface area contributed by atoms with Gasteiger partial charge in [0, 0.05) is 33.4 Å². The van der Waals surface area contributed by atoms with Crippen LogP contribution in [0, 0.1) is 5.92 Å². The number of hydrogen-bond donors (Lipinski definition) is 2. The number of rotatable bonds is 6. The molecule has 1 aliphatic heterocycles. The van der Waals surface area contributed by atoms with Crippen molar-refractivity contribution in [2.75, 3.05) is 38.3 Å². The Morgan fingerprint density at radius 2 is 2.39 bits per heavy atom. The summed E-state index contributed by atoms with van der Waals surface area (Å²) in [5.74, 6) is 0.921. The van der Waals surface area contributed by atoms with E-state index in [0.717, 1.165) is 37.1 Å². The van der Waals surface area contributed by atoms with Crippen LogP contribution in [-0.2, 0) is 9.53 Å². The van der Waals surface area contributed by atoms with Gasteiger partial charge in [-0.05, 0) is 19.3 Å². The zero-order valence-electron chi connectivity index (χ0n) is 13.3. The van der Waals surface area contributed by atoms with Crippen LogP contribution >= 0.6 is 0 Å². The Hall–Kier alpha value is -2.22. The average molecular weight is 318 g/mol. The van der Waals surface area contributed by atoms with Gasteiger partial charge in [0.1, 0.15) is 11.8 Å². The summed E-state index contributed by atoms with van der Waals surface area (Å²) in [6, 6.07) is 0. The molecule has 2 aromatic rings. The van der Waals surface area contributed by atoms with E-state index in [1.165, 1.54) is 6.33 Å². The summed E-state index contributed by atoms with van der Waals surface area (Å²) in [5.41, 5.74) is 1.48. The average Bonchev–Trinajstić information content (AvgIpc) is 3.07. The molecule has 1 amide bonds. The highest BCUT2D eigenvalue weighted by Crippen LogP contribution is 2.25. The number of anilines is 1. The summed E-state index contributed by atoms with van der Waals surface area (Å²) in [6.45, 7) is 2.87. The number of piperidine rings is 1. The van der Waals surface area contributed by atoms with E-state index in [9.17, 15) is 4.79 Å². The third-order valence-corrected chi connectivity index (χ3v) is 4.12. The van der Waals surface area contributed by atoms with E-state index in [2.05, 4.69) is 30.2 Å². The van der Waals surface area contributed by atoms with E-state index in [1.54, 1.807) is 13.4 Å². The molecular formula is C15H22N6O2. The maximum Gasteiger partial charge on any atom is 0.224 e. The molecule has 0 aromatic carbocycles. The normalized spacial score (nSPS) is 18.3. The lowest BCUT2D eigenvalue weighted by Gasteiger charge is -2.32. The number of H-pyrrole nitrogens is 1. The molecule has 0 aliphatic carbocycles. The van der Waals surface area contributed by atoms with Gasteiger partial charge in [0.25, 0.3) is 0 Å². The monoisotopic (exact) mass is 318 g/mol. The van der Waals surface area contributed by atoms with Gasteiger partial charge in [-0.3, -0.25) is 4.79 Å². The first-order valence-electron chi connectivity index (χ1n) is 7.95. The van der Waals surface area contributed by atoms with Crippen molar-refractivity contribution in [2.45, 2.75) is 19.3 Å². The van der Waals surface area contributed by atoms with Crippen LogP contribution in [0.1, 0.15) is 19.3 Å². The van der Waals surface area contributed by atoms with Crippen LogP contribution in [0.5, 0.6) is 0 Å². The first-order valence-corrected chi connectivity index (χ1v) is 7.95. The molecular weight excluding hydrogens is 296 g/mol. The summed E-state index contributed by atoms with van der Waals surface area (Å²) in [5, 5.41) is 2.99. The fourth-order valence-electron chi connectivity index (χ4n) is 2.95. The zero-order chi connectivity index (χ0) is 16.1. The SMILES string of the molecule is COCCCNC(=O)C1CCCN(c2ncnc3nc[nH]c23)C1. The van der Waals surface area contributed by atoms with Crippen LogP contribution in [0.4, 0.5) is 5.82 Å². The fourth-order valence-corrected chi connectivity index (χ4v) is 2.95. The minimum atomic E-state index is -0.0146. The molecule has 1 unspecified atom stereocenters. The molecule has 23 heavy (non-hydrogen) atoms. The van der Waals surface area contributed by atoms with E-state index in [4.69, 9.17) is 4.74 Å².